The molecule has 4 nitrogen and oxygen atoms in total. The van der Waals surface area contributed by atoms with Crippen molar-refractivity contribution >= 4 is 17.4 Å². The van der Waals surface area contributed by atoms with Crippen LogP contribution in [0.1, 0.15) is 11.3 Å². The van der Waals surface area contributed by atoms with E-state index in [0.29, 0.717) is 5.69 Å². The second kappa shape index (κ2) is 4.82. The maximum Gasteiger partial charge on any atom is 0.417 e. The fraction of sp³-hybridized carbons (Fsp3) is 0.167. The van der Waals surface area contributed by atoms with Crippen molar-refractivity contribution in [2.75, 3.05) is 5.73 Å². The molecule has 0 unspecified atom stereocenters. The van der Waals surface area contributed by atoms with Gasteiger partial charge in [0, 0.05) is 11.8 Å². The first kappa shape index (κ1) is 14.4. The molecule has 0 spiro atoms. The lowest BCUT2D eigenvalue weighted by atomic mass is 10.2. The molecule has 0 aliphatic carbocycles. The third-order valence-corrected chi connectivity index (χ3v) is 2.96. The number of aromatic nitrogens is 2. The molecule has 0 radical (unpaired) electrons. The van der Waals surface area contributed by atoms with Crippen molar-refractivity contribution in [2.24, 2.45) is 0 Å². The van der Waals surface area contributed by atoms with Gasteiger partial charge in [-0.1, -0.05) is 11.6 Å². The van der Waals surface area contributed by atoms with E-state index >= 15 is 0 Å². The zero-order valence-corrected chi connectivity index (χ0v) is 11.0. The minimum absolute atomic E-state index is 0.117. The summed E-state index contributed by atoms with van der Waals surface area (Å²) >= 11 is 5.54. The molecule has 1 aromatic carbocycles. The minimum Gasteiger partial charge on any atom is -0.379 e. The highest BCUT2D eigenvalue weighted by atomic mass is 35.5. The van der Waals surface area contributed by atoms with E-state index in [0.717, 1.165) is 16.8 Å². The molecule has 2 rings (SSSR count). The number of alkyl halides is 3. The van der Waals surface area contributed by atoms with E-state index in [4.69, 9.17) is 17.3 Å². The van der Waals surface area contributed by atoms with Gasteiger partial charge in [-0.05, 0) is 25.1 Å². The van der Waals surface area contributed by atoms with Crippen molar-refractivity contribution in [1.82, 2.24) is 9.78 Å². The van der Waals surface area contributed by atoms with E-state index in [2.05, 4.69) is 5.10 Å². The summed E-state index contributed by atoms with van der Waals surface area (Å²) in [5.41, 5.74) is 4.41. The van der Waals surface area contributed by atoms with Gasteiger partial charge in [0.05, 0.1) is 16.3 Å². The van der Waals surface area contributed by atoms with Crippen molar-refractivity contribution in [1.29, 1.82) is 0 Å². The van der Waals surface area contributed by atoms with Crippen LogP contribution in [0, 0.1) is 6.92 Å². The molecule has 20 heavy (non-hydrogen) atoms. The standard InChI is InChI=1S/C12H9ClF3N3O/c1-6-4-10(20)11(17)18-19(6)7-2-3-9(13)8(5-7)12(14,15)16/h2-5H,1H3,(H2,17,18). The maximum absolute atomic E-state index is 12.8. The number of nitrogens with zero attached hydrogens (tertiary/aromatic N) is 2. The highest BCUT2D eigenvalue weighted by Gasteiger charge is 2.33. The molecule has 0 aliphatic rings. The van der Waals surface area contributed by atoms with Gasteiger partial charge in [-0.15, -0.1) is 5.10 Å². The zero-order valence-electron chi connectivity index (χ0n) is 10.2. The minimum atomic E-state index is -4.58. The van der Waals surface area contributed by atoms with Crippen LogP contribution in [0.25, 0.3) is 5.69 Å². The van der Waals surface area contributed by atoms with Gasteiger partial charge < -0.3 is 5.73 Å². The summed E-state index contributed by atoms with van der Waals surface area (Å²) in [5, 5.41) is 3.36. The van der Waals surface area contributed by atoms with E-state index in [-0.39, 0.29) is 11.5 Å². The Balaban J connectivity index is 2.66. The predicted octanol–water partition coefficient (Wildman–Crippen LogP) is 2.80. The lowest BCUT2D eigenvalue weighted by Gasteiger charge is -2.14. The summed E-state index contributed by atoms with van der Waals surface area (Å²) in [5.74, 6) is -0.292. The Bertz CT molecular complexity index is 725. The second-order valence-electron chi connectivity index (χ2n) is 4.11. The van der Waals surface area contributed by atoms with Crippen molar-refractivity contribution in [3.63, 3.8) is 0 Å². The Morgan fingerprint density at radius 2 is 1.95 bits per heavy atom. The van der Waals surface area contributed by atoms with Gasteiger partial charge in [-0.2, -0.15) is 13.2 Å². The Kier molecular flexibility index (Phi) is 3.47. The van der Waals surface area contributed by atoms with Gasteiger partial charge in [0.2, 0.25) is 5.43 Å². The fourth-order valence-electron chi connectivity index (χ4n) is 1.68. The van der Waals surface area contributed by atoms with Gasteiger partial charge in [0.1, 0.15) is 0 Å². The molecule has 0 bridgehead atoms. The van der Waals surface area contributed by atoms with Crippen LogP contribution in [0.4, 0.5) is 19.0 Å². The third kappa shape index (κ3) is 2.62. The normalized spacial score (nSPS) is 11.7. The van der Waals surface area contributed by atoms with Gasteiger partial charge in [-0.3, -0.25) is 4.79 Å². The number of rotatable bonds is 1. The van der Waals surface area contributed by atoms with Crippen LogP contribution < -0.4 is 11.2 Å². The second-order valence-corrected chi connectivity index (χ2v) is 4.52. The highest BCUT2D eigenvalue weighted by Crippen LogP contribution is 2.35. The maximum atomic E-state index is 12.8. The van der Waals surface area contributed by atoms with Crippen molar-refractivity contribution in [3.05, 3.63) is 50.8 Å². The summed E-state index contributed by atoms with van der Waals surface area (Å²) in [6.07, 6.45) is -4.58. The molecule has 2 aromatic rings. The van der Waals surface area contributed by atoms with E-state index in [1.807, 2.05) is 0 Å². The molecule has 0 aliphatic heterocycles. The number of aryl methyl sites for hydroxylation is 1. The van der Waals surface area contributed by atoms with Gasteiger partial charge in [0.15, 0.2) is 5.82 Å². The van der Waals surface area contributed by atoms with Gasteiger partial charge in [0.25, 0.3) is 0 Å². The van der Waals surface area contributed by atoms with E-state index < -0.39 is 22.2 Å². The van der Waals surface area contributed by atoms with Crippen LogP contribution in [0.2, 0.25) is 5.02 Å². The number of hydrogen-bond acceptors (Lipinski definition) is 3. The quantitative estimate of drug-likeness (QED) is 0.881. The fourth-order valence-corrected chi connectivity index (χ4v) is 1.91. The summed E-state index contributed by atoms with van der Waals surface area (Å²) in [7, 11) is 0. The zero-order chi connectivity index (χ0) is 15.1. The molecular weight excluding hydrogens is 295 g/mol. The number of nitrogens with two attached hydrogens (primary N) is 1. The van der Waals surface area contributed by atoms with Crippen LogP contribution in [-0.4, -0.2) is 9.78 Å². The molecule has 0 saturated heterocycles. The highest BCUT2D eigenvalue weighted by molar-refractivity contribution is 6.31. The SMILES string of the molecule is Cc1cc(=O)c(N)nn1-c1ccc(Cl)c(C(F)(F)F)c1. The largest absolute Gasteiger partial charge is 0.417 e. The third-order valence-electron chi connectivity index (χ3n) is 2.63. The summed E-state index contributed by atoms with van der Waals surface area (Å²) in [6.45, 7) is 1.54. The average molecular weight is 304 g/mol. The van der Waals surface area contributed by atoms with Crippen LogP contribution in [0.3, 0.4) is 0 Å². The van der Waals surface area contributed by atoms with Crippen molar-refractivity contribution < 1.29 is 13.2 Å². The first-order chi connectivity index (χ1) is 9.20. The lowest BCUT2D eigenvalue weighted by Crippen LogP contribution is -2.18. The number of hydrogen-bond donors (Lipinski definition) is 1. The topological polar surface area (TPSA) is 60.9 Å². The Morgan fingerprint density at radius 3 is 2.55 bits per heavy atom. The lowest BCUT2D eigenvalue weighted by molar-refractivity contribution is -0.137. The monoisotopic (exact) mass is 303 g/mol. The summed E-state index contributed by atoms with van der Waals surface area (Å²) in [4.78, 5) is 11.3. The van der Waals surface area contributed by atoms with Crippen LogP contribution in [0.15, 0.2) is 29.1 Å². The number of benzene rings is 1. The molecular formula is C12H9ClF3N3O. The van der Waals surface area contributed by atoms with E-state index in [9.17, 15) is 18.0 Å². The van der Waals surface area contributed by atoms with Crippen LogP contribution >= 0.6 is 11.6 Å². The molecule has 8 heteroatoms. The van der Waals surface area contributed by atoms with Gasteiger partial charge in [-0.25, -0.2) is 4.68 Å². The van der Waals surface area contributed by atoms with Gasteiger partial charge >= 0.3 is 6.18 Å². The van der Waals surface area contributed by atoms with Crippen molar-refractivity contribution in [2.45, 2.75) is 13.1 Å². The molecule has 1 heterocycles. The number of anilines is 1. The Morgan fingerprint density at radius 1 is 1.30 bits per heavy atom. The molecule has 2 N–H and O–H groups in total. The molecule has 0 saturated carbocycles. The number of nitrogen functional groups attached to an aromatic ring is 1. The molecule has 0 fully saturated rings. The van der Waals surface area contributed by atoms with Crippen LogP contribution in [-0.2, 0) is 6.18 Å². The average Bonchev–Trinajstić information content (AvgIpc) is 2.33. The first-order valence-corrected chi connectivity index (χ1v) is 5.81. The smallest absolute Gasteiger partial charge is 0.379 e. The molecule has 1 aromatic heterocycles. The predicted molar refractivity (Wildman–Crippen MR) is 69.0 cm³/mol. The van der Waals surface area contributed by atoms with E-state index in [1.165, 1.54) is 19.1 Å². The molecule has 0 atom stereocenters. The van der Waals surface area contributed by atoms with E-state index in [1.54, 1.807) is 0 Å². The summed E-state index contributed by atoms with van der Waals surface area (Å²) < 4.78 is 39.6. The van der Waals surface area contributed by atoms with Crippen molar-refractivity contribution in [3.8, 4) is 5.69 Å². The van der Waals surface area contributed by atoms with Crippen LogP contribution in [0.5, 0.6) is 0 Å². The molecule has 106 valence electrons. The summed E-state index contributed by atoms with van der Waals surface area (Å²) in [6, 6.07) is 4.53. The Hall–Kier alpha value is -2.02. The molecule has 0 amide bonds. The first-order valence-electron chi connectivity index (χ1n) is 5.43. The number of halogens is 4. The Labute approximate surface area is 116 Å².